The molecule has 0 bridgehead atoms. The molecule has 0 heterocycles. The molecule has 8 heteroatoms. The number of rotatable bonds is 0. The smallest absolute Gasteiger partial charge is 0.356 e. The molecular weight excluding hydrogens is 222 g/mol. The van der Waals surface area contributed by atoms with Gasteiger partial charge in [0.1, 0.15) is 0 Å². The third kappa shape index (κ3) is 48.6. The summed E-state index contributed by atoms with van der Waals surface area (Å²) in [6.45, 7) is 0. The second-order valence-corrected chi connectivity index (χ2v) is 0.224. The van der Waals surface area contributed by atoms with E-state index < -0.39 is 5.09 Å². The summed E-state index contributed by atoms with van der Waals surface area (Å²) in [5.41, 5.74) is 0. The minimum atomic E-state index is -1.75. The predicted molar refractivity (Wildman–Crippen MR) is 33.4 cm³/mol. The maximum Gasteiger partial charge on any atom is 2.00 e. The van der Waals surface area contributed by atoms with Crippen molar-refractivity contribution in [1.29, 1.82) is 0 Å². The van der Waals surface area contributed by atoms with Gasteiger partial charge in [-0.2, -0.15) is 0 Å². The fourth-order valence-electron chi connectivity index (χ4n) is 0. The van der Waals surface area contributed by atoms with Gasteiger partial charge in [-0.3, -0.25) is 0 Å². The normalized spacial score (nSPS) is 3.00. The molecule has 0 fully saturated rings. The van der Waals surface area contributed by atoms with E-state index in [0.717, 1.165) is 0 Å². The van der Waals surface area contributed by atoms with E-state index in [0.29, 0.717) is 0 Å². The van der Waals surface area contributed by atoms with Crippen molar-refractivity contribution in [2.24, 2.45) is 0 Å². The molecule has 0 aromatic carbocycles. The molecule has 0 spiro atoms. The number of hydrogen-bond acceptors (Lipinski definition) is 3. The average Bonchev–Trinajstić information content (AvgIpc) is 0.811. The molecule has 0 aromatic rings. The Bertz CT molecular complexity index is 34.3. The number of hydrogen-bond donors (Lipinski definition) is 0. The van der Waals surface area contributed by atoms with Gasteiger partial charge >= 0.3 is 151 Å². The molecule has 0 aliphatic carbocycles. The third-order valence-corrected chi connectivity index (χ3v) is 0. The summed E-state index contributed by atoms with van der Waals surface area (Å²) in [5, 5.41) is 14.8. The Morgan fingerprint density at radius 2 is 0.875 bits per heavy atom. The topological polar surface area (TPSA) is 66.2 Å². The first-order valence-electron chi connectivity index (χ1n) is 0.548. The van der Waals surface area contributed by atoms with Crippen LogP contribution in [0.2, 0.25) is 0 Å². The maximum absolute atomic E-state index is 8.25. The zero-order valence-corrected chi connectivity index (χ0v) is 13.3. The molecule has 0 rings (SSSR count). The van der Waals surface area contributed by atoms with E-state index >= 15 is 0 Å². The monoisotopic (exact) mass is 222 g/mol. The van der Waals surface area contributed by atoms with Crippen molar-refractivity contribution in [1.82, 2.24) is 0 Å². The maximum atomic E-state index is 8.25. The van der Waals surface area contributed by atoms with Crippen LogP contribution in [0, 0.1) is 15.3 Å². The van der Waals surface area contributed by atoms with Crippen molar-refractivity contribution < 1.29 is 5.09 Å². The molecular formula is Ca4NO3+7. The standard InChI is InChI=1S/4Ca.NO3/c;;;;2-1(3)4/q4*+2;-1. The fraction of sp³-hybridized carbons (Fsp3) is 0. The average molecular weight is 222 g/mol. The first kappa shape index (κ1) is 29.5. The Balaban J connectivity index is -0.00000000750. The summed E-state index contributed by atoms with van der Waals surface area (Å²) in [6, 6.07) is 0. The molecule has 8 heavy (non-hydrogen) atoms. The molecule has 0 saturated heterocycles. The van der Waals surface area contributed by atoms with Gasteiger partial charge in [-0.25, -0.2) is 0 Å². The fourth-order valence-corrected chi connectivity index (χ4v) is 0. The Labute approximate surface area is 166 Å². The predicted octanol–water partition coefficient (Wildman–Crippen LogP) is -1.76. The van der Waals surface area contributed by atoms with Crippen LogP contribution in [0.1, 0.15) is 0 Å². The van der Waals surface area contributed by atoms with Crippen LogP contribution in [0.25, 0.3) is 0 Å². The Morgan fingerprint density at radius 1 is 0.875 bits per heavy atom. The first-order valence-corrected chi connectivity index (χ1v) is 0.548. The van der Waals surface area contributed by atoms with Gasteiger partial charge in [0.2, 0.25) is 0 Å². The van der Waals surface area contributed by atoms with Gasteiger partial charge in [-0.05, 0) is 0 Å². The Morgan fingerprint density at radius 3 is 0.875 bits per heavy atom. The van der Waals surface area contributed by atoms with Crippen molar-refractivity contribution in [3.8, 4) is 0 Å². The summed E-state index contributed by atoms with van der Waals surface area (Å²) in [7, 11) is 0. The zero-order valence-electron chi connectivity index (χ0n) is 4.50. The molecule has 4 nitrogen and oxygen atoms in total. The van der Waals surface area contributed by atoms with Gasteiger partial charge in [-0.15, -0.1) is 0 Å². The second kappa shape index (κ2) is 22.5. The second-order valence-electron chi connectivity index (χ2n) is 0.224. The van der Waals surface area contributed by atoms with Crippen LogP contribution in [0.4, 0.5) is 0 Å². The molecule has 0 unspecified atom stereocenters. The van der Waals surface area contributed by atoms with E-state index in [9.17, 15) is 0 Å². The van der Waals surface area contributed by atoms with E-state index in [2.05, 4.69) is 0 Å². The van der Waals surface area contributed by atoms with Gasteiger partial charge in [0, 0.05) is 0 Å². The summed E-state index contributed by atoms with van der Waals surface area (Å²) in [4.78, 5) is 8.25. The van der Waals surface area contributed by atoms with Crippen molar-refractivity contribution in [3.05, 3.63) is 15.3 Å². The minimum absolute atomic E-state index is 0. The van der Waals surface area contributed by atoms with Crippen LogP contribution >= 0.6 is 0 Å². The molecule has 0 N–H and O–H groups in total. The molecule has 0 aromatic heterocycles. The van der Waals surface area contributed by atoms with Crippen LogP contribution in [0.3, 0.4) is 0 Å². The van der Waals surface area contributed by atoms with Crippen molar-refractivity contribution in [3.63, 3.8) is 0 Å². The molecule has 0 aliphatic heterocycles. The quantitative estimate of drug-likeness (QED) is 0.277. The zero-order chi connectivity index (χ0) is 3.58. The van der Waals surface area contributed by atoms with E-state index in [1.165, 1.54) is 0 Å². The summed E-state index contributed by atoms with van der Waals surface area (Å²) in [5.74, 6) is 0. The van der Waals surface area contributed by atoms with E-state index in [1.54, 1.807) is 0 Å². The summed E-state index contributed by atoms with van der Waals surface area (Å²) >= 11 is 0. The number of nitrogens with zero attached hydrogens (tertiary/aromatic N) is 1. The van der Waals surface area contributed by atoms with Crippen molar-refractivity contribution >= 4 is 151 Å². The summed E-state index contributed by atoms with van der Waals surface area (Å²) < 4.78 is 0. The van der Waals surface area contributed by atoms with Crippen LogP contribution in [-0.2, 0) is 0 Å². The first-order chi connectivity index (χ1) is 1.73. The molecule has 24 valence electrons. The molecule has 0 atom stereocenters. The van der Waals surface area contributed by atoms with Crippen LogP contribution in [0.15, 0.2) is 0 Å². The van der Waals surface area contributed by atoms with Crippen LogP contribution < -0.4 is 0 Å². The van der Waals surface area contributed by atoms with E-state index in [-0.39, 0.29) is 151 Å². The Kier molecular flexibility index (Phi) is 82.9. The van der Waals surface area contributed by atoms with Crippen molar-refractivity contribution in [2.75, 3.05) is 0 Å². The summed E-state index contributed by atoms with van der Waals surface area (Å²) in [6.07, 6.45) is 0. The van der Waals surface area contributed by atoms with E-state index in [4.69, 9.17) is 15.3 Å². The molecule has 0 amide bonds. The van der Waals surface area contributed by atoms with Crippen molar-refractivity contribution in [2.45, 2.75) is 0 Å². The van der Waals surface area contributed by atoms with Crippen LogP contribution in [0.5, 0.6) is 0 Å². The van der Waals surface area contributed by atoms with Gasteiger partial charge < -0.3 is 15.3 Å². The van der Waals surface area contributed by atoms with Crippen LogP contribution in [-0.4, -0.2) is 156 Å². The minimum Gasteiger partial charge on any atom is -0.356 e. The van der Waals surface area contributed by atoms with Gasteiger partial charge in [0.05, 0.1) is 5.09 Å². The van der Waals surface area contributed by atoms with E-state index in [1.807, 2.05) is 0 Å². The van der Waals surface area contributed by atoms with Gasteiger partial charge in [0.25, 0.3) is 0 Å². The largest absolute Gasteiger partial charge is 2.00 e. The van der Waals surface area contributed by atoms with Gasteiger partial charge in [-0.1, -0.05) is 0 Å². The molecule has 0 radical (unpaired) electrons. The third-order valence-electron chi connectivity index (χ3n) is 0. The molecule has 0 aliphatic rings. The SMILES string of the molecule is O=[N+]([O-])[O-].[Ca+2].[Ca+2].[Ca+2].[Ca+2]. The van der Waals surface area contributed by atoms with Gasteiger partial charge in [0.15, 0.2) is 0 Å². The Hall–Kier alpha value is 4.24. The molecule has 0 saturated carbocycles.